The van der Waals surface area contributed by atoms with E-state index in [2.05, 4.69) is 5.32 Å². The fraction of sp³-hybridized carbons (Fsp3) is 0.263. The number of nitrogens with one attached hydrogen (secondary N) is 1. The first kappa shape index (κ1) is 16.7. The molecule has 2 unspecified atom stereocenters. The van der Waals surface area contributed by atoms with Crippen LogP contribution in [0.15, 0.2) is 60.7 Å². The molecule has 0 fully saturated rings. The molecular weight excluding hydrogens is 290 g/mol. The van der Waals surface area contributed by atoms with Crippen LogP contribution in [0.25, 0.3) is 0 Å². The van der Waals surface area contributed by atoms with Crippen molar-refractivity contribution in [2.75, 3.05) is 0 Å². The van der Waals surface area contributed by atoms with Crippen molar-refractivity contribution in [1.29, 1.82) is 0 Å². The quantitative estimate of drug-likeness (QED) is 0.831. The van der Waals surface area contributed by atoms with E-state index in [0.717, 1.165) is 5.56 Å². The molecule has 0 heterocycles. The van der Waals surface area contributed by atoms with Crippen LogP contribution in [0.5, 0.6) is 0 Å². The third kappa shape index (κ3) is 5.25. The van der Waals surface area contributed by atoms with E-state index in [1.165, 1.54) is 0 Å². The van der Waals surface area contributed by atoms with E-state index in [4.69, 9.17) is 4.74 Å². The molecule has 0 radical (unpaired) electrons. The minimum Gasteiger partial charge on any atom is -0.458 e. The van der Waals surface area contributed by atoms with Crippen molar-refractivity contribution in [1.82, 2.24) is 5.32 Å². The van der Waals surface area contributed by atoms with Crippen LogP contribution in [0.2, 0.25) is 0 Å². The molecule has 0 aliphatic rings. The van der Waals surface area contributed by atoms with Crippen molar-refractivity contribution in [2.24, 2.45) is 0 Å². The lowest BCUT2D eigenvalue weighted by atomic mass is 10.1. The molecule has 0 aromatic heterocycles. The van der Waals surface area contributed by atoms with E-state index in [-0.39, 0.29) is 30.4 Å². The molecule has 2 rings (SSSR count). The van der Waals surface area contributed by atoms with Crippen LogP contribution in [-0.4, -0.2) is 17.9 Å². The van der Waals surface area contributed by atoms with E-state index in [0.29, 0.717) is 5.56 Å². The standard InChI is InChI=1S/C19H21NO3/c1-14(20-19(22)17-11-7-4-8-12-17)13-18(21)23-15(2)16-9-5-3-6-10-16/h3-12,14-15H,13H2,1-2H3,(H,20,22). The van der Waals surface area contributed by atoms with Crippen LogP contribution >= 0.6 is 0 Å². The summed E-state index contributed by atoms with van der Waals surface area (Å²) in [5, 5.41) is 2.80. The monoisotopic (exact) mass is 311 g/mol. The predicted octanol–water partition coefficient (Wildman–Crippen LogP) is 3.50. The van der Waals surface area contributed by atoms with Crippen molar-refractivity contribution in [3.8, 4) is 0 Å². The lowest BCUT2D eigenvalue weighted by Crippen LogP contribution is -2.34. The number of benzene rings is 2. The minimum atomic E-state index is -0.331. The highest BCUT2D eigenvalue weighted by Crippen LogP contribution is 2.17. The topological polar surface area (TPSA) is 55.4 Å². The van der Waals surface area contributed by atoms with Crippen molar-refractivity contribution >= 4 is 11.9 Å². The van der Waals surface area contributed by atoms with Crippen LogP contribution < -0.4 is 5.32 Å². The molecule has 23 heavy (non-hydrogen) atoms. The van der Waals surface area contributed by atoms with Crippen molar-refractivity contribution in [3.05, 3.63) is 71.8 Å². The van der Waals surface area contributed by atoms with Crippen LogP contribution in [0.3, 0.4) is 0 Å². The molecule has 4 nitrogen and oxygen atoms in total. The zero-order valence-electron chi connectivity index (χ0n) is 13.4. The summed E-state index contributed by atoms with van der Waals surface area (Å²) in [5.41, 5.74) is 1.52. The SMILES string of the molecule is CC(CC(=O)OC(C)c1ccccc1)NC(=O)c1ccccc1. The van der Waals surface area contributed by atoms with Crippen LogP contribution in [-0.2, 0) is 9.53 Å². The number of rotatable bonds is 6. The van der Waals surface area contributed by atoms with Gasteiger partial charge < -0.3 is 10.1 Å². The summed E-state index contributed by atoms with van der Waals surface area (Å²) in [4.78, 5) is 24.0. The lowest BCUT2D eigenvalue weighted by molar-refractivity contribution is -0.149. The molecule has 0 spiro atoms. The van der Waals surface area contributed by atoms with Gasteiger partial charge >= 0.3 is 5.97 Å². The average molecular weight is 311 g/mol. The maximum absolute atomic E-state index is 12.0. The van der Waals surface area contributed by atoms with Crippen molar-refractivity contribution in [3.63, 3.8) is 0 Å². The molecule has 1 amide bonds. The normalized spacial score (nSPS) is 13.0. The summed E-state index contributed by atoms with van der Waals surface area (Å²) in [6, 6.07) is 18.2. The van der Waals surface area contributed by atoms with Crippen LogP contribution in [0, 0.1) is 0 Å². The van der Waals surface area contributed by atoms with E-state index in [1.54, 1.807) is 31.2 Å². The van der Waals surface area contributed by atoms with Gasteiger partial charge in [-0.25, -0.2) is 0 Å². The highest BCUT2D eigenvalue weighted by Gasteiger charge is 2.16. The van der Waals surface area contributed by atoms with Gasteiger partial charge in [0, 0.05) is 11.6 Å². The van der Waals surface area contributed by atoms with Crippen LogP contribution in [0.4, 0.5) is 0 Å². The summed E-state index contributed by atoms with van der Waals surface area (Å²) < 4.78 is 5.40. The van der Waals surface area contributed by atoms with E-state index >= 15 is 0 Å². The van der Waals surface area contributed by atoms with Gasteiger partial charge in [0.25, 0.3) is 5.91 Å². The van der Waals surface area contributed by atoms with Gasteiger partial charge in [0.2, 0.25) is 0 Å². The Kier molecular flexibility index (Phi) is 5.92. The number of amides is 1. The van der Waals surface area contributed by atoms with Gasteiger partial charge in [-0.2, -0.15) is 0 Å². The number of ether oxygens (including phenoxy) is 1. The molecule has 1 N–H and O–H groups in total. The van der Waals surface area contributed by atoms with Gasteiger partial charge in [0.05, 0.1) is 6.42 Å². The molecule has 4 heteroatoms. The second-order valence-electron chi connectivity index (χ2n) is 5.49. The summed E-state index contributed by atoms with van der Waals surface area (Å²) in [6.45, 7) is 3.62. The van der Waals surface area contributed by atoms with Gasteiger partial charge in [0.1, 0.15) is 6.10 Å². The number of hydrogen-bond acceptors (Lipinski definition) is 3. The van der Waals surface area contributed by atoms with Gasteiger partial charge in [-0.1, -0.05) is 48.5 Å². The molecule has 2 atom stereocenters. The highest BCUT2D eigenvalue weighted by atomic mass is 16.5. The molecule has 0 aliphatic carbocycles. The zero-order valence-corrected chi connectivity index (χ0v) is 13.4. The maximum atomic E-state index is 12.0. The Hall–Kier alpha value is -2.62. The minimum absolute atomic E-state index is 0.135. The van der Waals surface area contributed by atoms with Gasteiger partial charge in [-0.05, 0) is 31.5 Å². The Morgan fingerprint density at radius 2 is 1.52 bits per heavy atom. The first-order valence-electron chi connectivity index (χ1n) is 7.66. The van der Waals surface area contributed by atoms with Gasteiger partial charge in [0.15, 0.2) is 0 Å². The first-order valence-corrected chi connectivity index (χ1v) is 7.66. The molecule has 2 aromatic rings. The Balaban J connectivity index is 1.82. The molecule has 0 bridgehead atoms. The second kappa shape index (κ2) is 8.13. The Morgan fingerprint density at radius 1 is 0.957 bits per heavy atom. The van der Waals surface area contributed by atoms with Crippen molar-refractivity contribution < 1.29 is 14.3 Å². The highest BCUT2D eigenvalue weighted by molar-refractivity contribution is 5.94. The lowest BCUT2D eigenvalue weighted by Gasteiger charge is -2.17. The van der Waals surface area contributed by atoms with E-state index in [9.17, 15) is 9.59 Å². The fourth-order valence-corrected chi connectivity index (χ4v) is 2.24. The fourth-order valence-electron chi connectivity index (χ4n) is 2.24. The van der Waals surface area contributed by atoms with E-state index < -0.39 is 0 Å². The third-order valence-corrected chi connectivity index (χ3v) is 3.46. The Labute approximate surface area is 136 Å². The summed E-state index contributed by atoms with van der Waals surface area (Å²) in [6.07, 6.45) is -0.170. The summed E-state index contributed by atoms with van der Waals surface area (Å²) in [7, 11) is 0. The third-order valence-electron chi connectivity index (χ3n) is 3.46. The number of hydrogen-bond donors (Lipinski definition) is 1. The van der Waals surface area contributed by atoms with Crippen LogP contribution in [0.1, 0.15) is 42.3 Å². The smallest absolute Gasteiger partial charge is 0.308 e. The molecule has 0 aliphatic heterocycles. The second-order valence-corrected chi connectivity index (χ2v) is 5.49. The molecular formula is C19H21NO3. The predicted molar refractivity (Wildman–Crippen MR) is 88.9 cm³/mol. The number of carbonyl (C=O) groups excluding carboxylic acids is 2. The summed E-state index contributed by atoms with van der Waals surface area (Å²) >= 11 is 0. The Bertz CT molecular complexity index is 640. The van der Waals surface area contributed by atoms with Gasteiger partial charge in [-0.15, -0.1) is 0 Å². The maximum Gasteiger partial charge on any atom is 0.308 e. The first-order chi connectivity index (χ1) is 11.1. The van der Waals surface area contributed by atoms with Gasteiger partial charge in [-0.3, -0.25) is 9.59 Å². The van der Waals surface area contributed by atoms with E-state index in [1.807, 2.05) is 43.3 Å². The Morgan fingerprint density at radius 3 is 2.13 bits per heavy atom. The summed E-state index contributed by atoms with van der Waals surface area (Å²) in [5.74, 6) is -0.524. The largest absolute Gasteiger partial charge is 0.458 e. The number of esters is 1. The molecule has 0 saturated carbocycles. The average Bonchev–Trinajstić information content (AvgIpc) is 2.56. The molecule has 0 saturated heterocycles. The number of carbonyl (C=O) groups is 2. The van der Waals surface area contributed by atoms with Crippen molar-refractivity contribution in [2.45, 2.75) is 32.4 Å². The zero-order chi connectivity index (χ0) is 16.7. The molecule has 120 valence electrons. The molecule has 2 aromatic carbocycles.